The number of hydrogen-bond donors (Lipinski definition) is 1. The quantitative estimate of drug-likeness (QED) is 0.732. The van der Waals surface area contributed by atoms with Gasteiger partial charge in [-0.1, -0.05) is 43.3 Å². The Morgan fingerprint density at radius 1 is 1.08 bits per heavy atom. The molecule has 1 N–H and O–H groups in total. The summed E-state index contributed by atoms with van der Waals surface area (Å²) in [6.07, 6.45) is 0.962. The second-order valence-corrected chi connectivity index (χ2v) is 8.69. The van der Waals surface area contributed by atoms with E-state index in [1.807, 2.05) is 24.3 Å². The van der Waals surface area contributed by atoms with E-state index in [-0.39, 0.29) is 4.90 Å². The Morgan fingerprint density at radius 3 is 2.38 bits per heavy atom. The molecule has 5 nitrogen and oxygen atoms in total. The second-order valence-electron chi connectivity index (χ2n) is 6.15. The first-order chi connectivity index (χ1) is 12.3. The van der Waals surface area contributed by atoms with Gasteiger partial charge in [-0.25, -0.2) is 12.7 Å². The maximum Gasteiger partial charge on any atom is 0.242 e. The Hall–Kier alpha value is -1.96. The summed E-state index contributed by atoms with van der Waals surface area (Å²) in [4.78, 5) is 2.32. The van der Waals surface area contributed by atoms with Crippen LogP contribution in [0.25, 0.3) is 0 Å². The van der Waals surface area contributed by atoms with Crippen LogP contribution in [-0.4, -0.2) is 43.4 Å². The molecule has 0 aromatic heterocycles. The minimum atomic E-state index is -3.48. The van der Waals surface area contributed by atoms with Crippen LogP contribution in [0.2, 0.25) is 0 Å². The van der Waals surface area contributed by atoms with Crippen molar-refractivity contribution in [2.75, 3.05) is 26.0 Å². The molecule has 0 aliphatic heterocycles. The van der Waals surface area contributed by atoms with Crippen LogP contribution >= 0.6 is 12.2 Å². The van der Waals surface area contributed by atoms with E-state index in [4.69, 9.17) is 12.2 Å². The maximum atomic E-state index is 12.3. The topological polar surface area (TPSA) is 52.7 Å². The van der Waals surface area contributed by atoms with Gasteiger partial charge in [0.2, 0.25) is 10.0 Å². The highest BCUT2D eigenvalue weighted by Gasteiger charge is 2.18. The molecule has 2 aromatic rings. The van der Waals surface area contributed by atoms with Crippen molar-refractivity contribution < 1.29 is 8.42 Å². The molecule has 7 heteroatoms. The van der Waals surface area contributed by atoms with Gasteiger partial charge in [-0.3, -0.25) is 0 Å². The number of nitrogens with one attached hydrogen (secondary N) is 1. The molecule has 0 saturated heterocycles. The lowest BCUT2D eigenvalue weighted by Gasteiger charge is -2.26. The Morgan fingerprint density at radius 2 is 1.77 bits per heavy atom. The van der Waals surface area contributed by atoms with Gasteiger partial charge in [-0.15, -0.1) is 0 Å². The van der Waals surface area contributed by atoms with E-state index in [0.29, 0.717) is 17.3 Å². The number of anilines is 1. The highest BCUT2D eigenvalue weighted by molar-refractivity contribution is 7.89. The predicted molar refractivity (Wildman–Crippen MR) is 111 cm³/mol. The Balaban J connectivity index is 2.16. The van der Waals surface area contributed by atoms with Gasteiger partial charge in [0.25, 0.3) is 0 Å². The zero-order valence-electron chi connectivity index (χ0n) is 15.3. The van der Waals surface area contributed by atoms with E-state index >= 15 is 0 Å². The fourth-order valence-corrected chi connectivity index (χ4v) is 3.70. The third-order valence-electron chi connectivity index (χ3n) is 3.86. The number of sulfonamides is 1. The molecule has 2 aromatic carbocycles. The zero-order valence-corrected chi connectivity index (χ0v) is 17.0. The van der Waals surface area contributed by atoms with Crippen LogP contribution in [0.5, 0.6) is 0 Å². The number of hydrogen-bond acceptors (Lipinski definition) is 3. The van der Waals surface area contributed by atoms with Crippen LogP contribution in [0, 0.1) is 0 Å². The lowest BCUT2D eigenvalue weighted by molar-refractivity contribution is 0.418. The van der Waals surface area contributed by atoms with Crippen molar-refractivity contribution in [1.82, 2.24) is 9.21 Å². The molecule has 0 bridgehead atoms. The third-order valence-corrected chi connectivity index (χ3v) is 6.03. The first-order valence-electron chi connectivity index (χ1n) is 8.47. The number of rotatable bonds is 7. The summed E-state index contributed by atoms with van der Waals surface area (Å²) in [6.45, 7) is 3.62. The van der Waals surface area contributed by atoms with Crippen LogP contribution in [0.15, 0.2) is 59.5 Å². The fourth-order valence-electron chi connectivity index (χ4n) is 2.47. The summed E-state index contributed by atoms with van der Waals surface area (Å²) in [5.41, 5.74) is 1.83. The van der Waals surface area contributed by atoms with Gasteiger partial charge in [0, 0.05) is 32.9 Å². The Labute approximate surface area is 161 Å². The molecule has 0 atom stereocenters. The molecule has 2 rings (SSSR count). The van der Waals surface area contributed by atoms with Gasteiger partial charge < -0.3 is 10.2 Å². The first-order valence-corrected chi connectivity index (χ1v) is 10.3. The smallest absolute Gasteiger partial charge is 0.242 e. The minimum absolute atomic E-state index is 0.236. The normalized spacial score (nSPS) is 11.4. The maximum absolute atomic E-state index is 12.3. The monoisotopic (exact) mass is 391 g/mol. The third kappa shape index (κ3) is 5.27. The van der Waals surface area contributed by atoms with E-state index in [2.05, 4.69) is 29.3 Å². The van der Waals surface area contributed by atoms with Gasteiger partial charge in [-0.05, 0) is 42.4 Å². The largest absolute Gasteiger partial charge is 0.345 e. The minimum Gasteiger partial charge on any atom is -0.345 e. The van der Waals surface area contributed by atoms with Gasteiger partial charge in [0.15, 0.2) is 5.11 Å². The molecule has 0 radical (unpaired) electrons. The summed E-state index contributed by atoms with van der Waals surface area (Å²) in [5, 5.41) is 3.75. The number of benzene rings is 2. The van der Waals surface area contributed by atoms with Crippen molar-refractivity contribution in [3.63, 3.8) is 0 Å². The van der Waals surface area contributed by atoms with E-state index in [1.165, 1.54) is 24.0 Å². The van der Waals surface area contributed by atoms with Gasteiger partial charge in [0.1, 0.15) is 0 Å². The summed E-state index contributed by atoms with van der Waals surface area (Å²) in [6, 6.07) is 16.8. The van der Waals surface area contributed by atoms with Crippen molar-refractivity contribution in [3.8, 4) is 0 Å². The van der Waals surface area contributed by atoms with Crippen LogP contribution < -0.4 is 5.32 Å². The van der Waals surface area contributed by atoms with Crippen molar-refractivity contribution in [1.29, 1.82) is 0 Å². The van der Waals surface area contributed by atoms with Crippen LogP contribution in [-0.2, 0) is 16.6 Å². The summed E-state index contributed by atoms with van der Waals surface area (Å²) in [5.74, 6) is 0. The standard InChI is InChI=1S/C19H25N3O2S2/c1-4-13-22(15-16-9-6-5-7-10-16)19(25)20-17-11-8-12-18(14-17)26(23,24)21(2)3/h5-12,14H,4,13,15H2,1-3H3,(H,20,25). The Bertz CT molecular complexity index is 837. The summed E-state index contributed by atoms with van der Waals surface area (Å²) < 4.78 is 25.8. The molecule has 0 heterocycles. The summed E-state index contributed by atoms with van der Waals surface area (Å²) in [7, 11) is -0.444. The van der Waals surface area contributed by atoms with Crippen molar-refractivity contribution in [2.45, 2.75) is 24.8 Å². The van der Waals surface area contributed by atoms with Gasteiger partial charge in [0.05, 0.1) is 4.90 Å². The lowest BCUT2D eigenvalue weighted by atomic mass is 10.2. The van der Waals surface area contributed by atoms with Crippen molar-refractivity contribution >= 4 is 33.0 Å². The zero-order chi connectivity index (χ0) is 19.2. The molecule has 140 valence electrons. The molecule has 0 aliphatic carbocycles. The van der Waals surface area contributed by atoms with Crippen LogP contribution in [0.4, 0.5) is 5.69 Å². The van der Waals surface area contributed by atoms with E-state index in [9.17, 15) is 8.42 Å². The highest BCUT2D eigenvalue weighted by Crippen LogP contribution is 2.19. The first kappa shape index (κ1) is 20.4. The fraction of sp³-hybridized carbons (Fsp3) is 0.316. The van der Waals surface area contributed by atoms with Crippen LogP contribution in [0.1, 0.15) is 18.9 Å². The van der Waals surface area contributed by atoms with E-state index in [0.717, 1.165) is 13.0 Å². The molecule has 0 amide bonds. The van der Waals surface area contributed by atoms with Crippen molar-refractivity contribution in [3.05, 3.63) is 60.2 Å². The molecular weight excluding hydrogens is 366 g/mol. The molecule has 26 heavy (non-hydrogen) atoms. The molecule has 0 aliphatic rings. The molecule has 0 unspecified atom stereocenters. The Kier molecular flexibility index (Phi) is 7.14. The number of thiocarbonyl (C=S) groups is 1. The average molecular weight is 392 g/mol. The molecule has 0 fully saturated rings. The second kappa shape index (κ2) is 9.12. The summed E-state index contributed by atoms with van der Waals surface area (Å²) >= 11 is 5.57. The lowest BCUT2D eigenvalue weighted by Crippen LogP contribution is -2.35. The van der Waals surface area contributed by atoms with Gasteiger partial charge >= 0.3 is 0 Å². The highest BCUT2D eigenvalue weighted by atomic mass is 32.2. The molecule has 0 spiro atoms. The van der Waals surface area contributed by atoms with Gasteiger partial charge in [-0.2, -0.15) is 0 Å². The van der Waals surface area contributed by atoms with Crippen molar-refractivity contribution in [2.24, 2.45) is 0 Å². The van der Waals surface area contributed by atoms with E-state index in [1.54, 1.807) is 18.2 Å². The van der Waals surface area contributed by atoms with Crippen LogP contribution in [0.3, 0.4) is 0 Å². The predicted octanol–water partition coefficient (Wildman–Crippen LogP) is 3.55. The molecule has 0 saturated carbocycles. The SMILES string of the molecule is CCCN(Cc1ccccc1)C(=S)Nc1cccc(S(=O)(=O)N(C)C)c1. The molecular formula is C19H25N3O2S2. The average Bonchev–Trinajstić information content (AvgIpc) is 2.62. The number of nitrogens with zero attached hydrogens (tertiary/aromatic N) is 2. The van der Waals surface area contributed by atoms with E-state index < -0.39 is 10.0 Å².